The van der Waals surface area contributed by atoms with Gasteiger partial charge in [0.25, 0.3) is 0 Å². The minimum Gasteiger partial charge on any atom is -0.465 e. The molecule has 15 heavy (non-hydrogen) atoms. The summed E-state index contributed by atoms with van der Waals surface area (Å²) in [6.45, 7) is 1.94. The highest BCUT2D eigenvalue weighted by atomic mass is 16.5. The van der Waals surface area contributed by atoms with E-state index in [4.69, 9.17) is 9.84 Å². The summed E-state index contributed by atoms with van der Waals surface area (Å²) in [5.74, 6) is -0.346. The van der Waals surface area contributed by atoms with Crippen molar-refractivity contribution >= 4 is 5.97 Å². The van der Waals surface area contributed by atoms with Gasteiger partial charge in [0.1, 0.15) is 0 Å². The Morgan fingerprint density at radius 2 is 2.07 bits per heavy atom. The molecule has 0 fully saturated rings. The smallest absolute Gasteiger partial charge is 0.308 e. The van der Waals surface area contributed by atoms with E-state index >= 15 is 0 Å². The van der Waals surface area contributed by atoms with E-state index in [1.807, 2.05) is 30.3 Å². The molecule has 0 aromatic heterocycles. The van der Waals surface area contributed by atoms with E-state index in [0.717, 1.165) is 5.56 Å². The second-order valence-electron chi connectivity index (χ2n) is 3.51. The standard InChI is InChI=1S/C12H16O3/c1-10(13)9-12(14)15-8-7-11-5-3-2-4-6-11/h2-6,10,13H,7-9H2,1H3. The van der Waals surface area contributed by atoms with Crippen LogP contribution in [0, 0.1) is 0 Å². The van der Waals surface area contributed by atoms with Gasteiger partial charge in [0, 0.05) is 6.42 Å². The van der Waals surface area contributed by atoms with Gasteiger partial charge in [-0.05, 0) is 12.5 Å². The summed E-state index contributed by atoms with van der Waals surface area (Å²) in [5, 5.41) is 8.94. The van der Waals surface area contributed by atoms with Gasteiger partial charge >= 0.3 is 5.97 Å². The Bertz CT molecular complexity index is 293. The van der Waals surface area contributed by atoms with Crippen LogP contribution in [0.5, 0.6) is 0 Å². The maximum atomic E-state index is 11.1. The van der Waals surface area contributed by atoms with Gasteiger partial charge in [0.2, 0.25) is 0 Å². The highest BCUT2D eigenvalue weighted by Gasteiger charge is 2.06. The zero-order valence-electron chi connectivity index (χ0n) is 8.85. The predicted octanol–water partition coefficient (Wildman–Crippen LogP) is 1.54. The molecule has 0 spiro atoms. The van der Waals surface area contributed by atoms with Crippen LogP contribution in [0.2, 0.25) is 0 Å². The lowest BCUT2D eigenvalue weighted by Crippen LogP contribution is -2.13. The average molecular weight is 208 g/mol. The SMILES string of the molecule is CC(O)CC(=O)OCCc1ccccc1. The molecule has 1 unspecified atom stereocenters. The third kappa shape index (κ3) is 5.18. The van der Waals surface area contributed by atoms with Crippen molar-refractivity contribution in [3.8, 4) is 0 Å². The number of aliphatic hydroxyl groups excluding tert-OH is 1. The maximum absolute atomic E-state index is 11.1. The van der Waals surface area contributed by atoms with Crippen molar-refractivity contribution in [1.82, 2.24) is 0 Å². The second kappa shape index (κ2) is 6.19. The van der Waals surface area contributed by atoms with Crippen molar-refractivity contribution in [3.05, 3.63) is 35.9 Å². The number of hydrogen-bond acceptors (Lipinski definition) is 3. The molecule has 0 aliphatic carbocycles. The van der Waals surface area contributed by atoms with Gasteiger partial charge in [0.05, 0.1) is 19.1 Å². The molecule has 0 saturated carbocycles. The summed E-state index contributed by atoms with van der Waals surface area (Å²) in [6, 6.07) is 9.83. The molecule has 3 heteroatoms. The van der Waals surface area contributed by atoms with Crippen LogP contribution >= 0.6 is 0 Å². The van der Waals surface area contributed by atoms with Crippen LogP contribution < -0.4 is 0 Å². The third-order valence-corrected chi connectivity index (χ3v) is 1.96. The van der Waals surface area contributed by atoms with Crippen LogP contribution in [0.3, 0.4) is 0 Å². The number of benzene rings is 1. The molecule has 0 bridgehead atoms. The minimum absolute atomic E-state index is 0.0643. The number of carbonyl (C=O) groups excluding carboxylic acids is 1. The van der Waals surface area contributed by atoms with Crippen molar-refractivity contribution in [1.29, 1.82) is 0 Å². The van der Waals surface area contributed by atoms with Gasteiger partial charge in [-0.3, -0.25) is 4.79 Å². The Balaban J connectivity index is 2.19. The number of aliphatic hydroxyl groups is 1. The number of esters is 1. The van der Waals surface area contributed by atoms with E-state index in [0.29, 0.717) is 13.0 Å². The quantitative estimate of drug-likeness (QED) is 0.747. The molecule has 1 rings (SSSR count). The van der Waals surface area contributed by atoms with Gasteiger partial charge < -0.3 is 9.84 Å². The van der Waals surface area contributed by atoms with E-state index in [1.54, 1.807) is 6.92 Å². The molecule has 0 heterocycles. The summed E-state index contributed by atoms with van der Waals surface area (Å²) < 4.78 is 4.96. The molecule has 1 N–H and O–H groups in total. The molecule has 0 amide bonds. The Morgan fingerprint density at radius 3 is 2.67 bits per heavy atom. The molecule has 0 radical (unpaired) electrons. The average Bonchev–Trinajstić information content (AvgIpc) is 2.18. The number of hydrogen-bond donors (Lipinski definition) is 1. The minimum atomic E-state index is -0.630. The molecular weight excluding hydrogens is 192 g/mol. The Morgan fingerprint density at radius 1 is 1.40 bits per heavy atom. The summed E-state index contributed by atoms with van der Waals surface area (Å²) in [5.41, 5.74) is 1.14. The van der Waals surface area contributed by atoms with E-state index in [9.17, 15) is 4.79 Å². The van der Waals surface area contributed by atoms with E-state index in [1.165, 1.54) is 0 Å². The molecule has 0 saturated heterocycles. The first-order valence-corrected chi connectivity index (χ1v) is 5.06. The fourth-order valence-electron chi connectivity index (χ4n) is 1.23. The fraction of sp³-hybridized carbons (Fsp3) is 0.417. The Kier molecular flexibility index (Phi) is 4.84. The molecule has 1 aromatic carbocycles. The largest absolute Gasteiger partial charge is 0.465 e. The zero-order valence-corrected chi connectivity index (χ0v) is 8.85. The predicted molar refractivity (Wildman–Crippen MR) is 57.4 cm³/mol. The van der Waals surface area contributed by atoms with Crippen LogP contribution in [0.4, 0.5) is 0 Å². The van der Waals surface area contributed by atoms with E-state index in [-0.39, 0.29) is 12.4 Å². The first-order chi connectivity index (χ1) is 7.18. The topological polar surface area (TPSA) is 46.5 Å². The van der Waals surface area contributed by atoms with Gasteiger partial charge in [-0.1, -0.05) is 30.3 Å². The van der Waals surface area contributed by atoms with Crippen LogP contribution in [0.25, 0.3) is 0 Å². The number of rotatable bonds is 5. The first kappa shape index (κ1) is 11.7. The van der Waals surface area contributed by atoms with E-state index in [2.05, 4.69) is 0 Å². The van der Waals surface area contributed by atoms with Gasteiger partial charge in [0.15, 0.2) is 0 Å². The highest BCUT2D eigenvalue weighted by molar-refractivity contribution is 5.69. The van der Waals surface area contributed by atoms with Crippen molar-refractivity contribution in [3.63, 3.8) is 0 Å². The number of ether oxygens (including phenoxy) is 1. The molecule has 1 atom stereocenters. The monoisotopic (exact) mass is 208 g/mol. The lowest BCUT2D eigenvalue weighted by molar-refractivity contribution is -0.145. The van der Waals surface area contributed by atoms with Gasteiger partial charge in [-0.15, -0.1) is 0 Å². The maximum Gasteiger partial charge on any atom is 0.308 e. The molecule has 0 aliphatic rings. The van der Waals surface area contributed by atoms with Crippen molar-refractivity contribution < 1.29 is 14.6 Å². The Labute approximate surface area is 89.7 Å². The lowest BCUT2D eigenvalue weighted by atomic mass is 10.2. The van der Waals surface area contributed by atoms with Gasteiger partial charge in [-0.2, -0.15) is 0 Å². The van der Waals surface area contributed by atoms with Crippen molar-refractivity contribution in [2.24, 2.45) is 0 Å². The van der Waals surface area contributed by atoms with Gasteiger partial charge in [-0.25, -0.2) is 0 Å². The zero-order chi connectivity index (χ0) is 11.1. The normalized spacial score (nSPS) is 12.1. The summed E-state index contributed by atoms with van der Waals surface area (Å²) >= 11 is 0. The molecular formula is C12H16O3. The van der Waals surface area contributed by atoms with Crippen molar-refractivity contribution in [2.75, 3.05) is 6.61 Å². The third-order valence-electron chi connectivity index (χ3n) is 1.96. The van der Waals surface area contributed by atoms with Crippen LogP contribution in [-0.4, -0.2) is 23.8 Å². The van der Waals surface area contributed by atoms with Crippen LogP contribution in [0.1, 0.15) is 18.9 Å². The van der Waals surface area contributed by atoms with Crippen molar-refractivity contribution in [2.45, 2.75) is 25.9 Å². The van der Waals surface area contributed by atoms with E-state index < -0.39 is 6.10 Å². The highest BCUT2D eigenvalue weighted by Crippen LogP contribution is 2.00. The van der Waals surface area contributed by atoms with Crippen LogP contribution in [-0.2, 0) is 16.0 Å². The summed E-state index contributed by atoms with van der Waals surface area (Å²) in [7, 11) is 0. The van der Waals surface area contributed by atoms with Crippen LogP contribution in [0.15, 0.2) is 30.3 Å². The fourth-order valence-corrected chi connectivity index (χ4v) is 1.23. The Hall–Kier alpha value is -1.35. The summed E-state index contributed by atoms with van der Waals surface area (Å²) in [4.78, 5) is 11.1. The number of carbonyl (C=O) groups is 1. The molecule has 0 aliphatic heterocycles. The first-order valence-electron chi connectivity index (χ1n) is 5.06. The molecule has 82 valence electrons. The second-order valence-corrected chi connectivity index (χ2v) is 3.51. The lowest BCUT2D eigenvalue weighted by Gasteiger charge is -2.06. The summed E-state index contributed by atoms with van der Waals surface area (Å²) in [6.07, 6.45) is 0.149. The molecule has 3 nitrogen and oxygen atoms in total. The molecule has 1 aromatic rings.